The molecule has 140 valence electrons. The Kier molecular flexibility index (Phi) is 9.64. The normalized spacial score (nSPS) is 15.2. The average molecular weight is 501 g/mol. The van der Waals surface area contributed by atoms with E-state index in [1.165, 1.54) is 31.9 Å². The molecule has 0 N–H and O–H groups in total. The summed E-state index contributed by atoms with van der Waals surface area (Å²) in [6.45, 7) is 4.50. The van der Waals surface area contributed by atoms with Gasteiger partial charge in [0.2, 0.25) is 0 Å². The number of hydrogen-bond donors (Lipinski definition) is 0. The van der Waals surface area contributed by atoms with Crippen molar-refractivity contribution in [3.63, 3.8) is 0 Å². The summed E-state index contributed by atoms with van der Waals surface area (Å²) in [7, 11) is -2.33. The van der Waals surface area contributed by atoms with Gasteiger partial charge in [-0.15, -0.1) is 26.7 Å². The van der Waals surface area contributed by atoms with Crippen LogP contribution in [0.2, 0.25) is 0 Å². The molecule has 0 spiro atoms. The summed E-state index contributed by atoms with van der Waals surface area (Å²) < 4.78 is 0. The van der Waals surface area contributed by atoms with Crippen LogP contribution in [0.25, 0.3) is 0 Å². The van der Waals surface area contributed by atoms with Gasteiger partial charge in [-0.3, -0.25) is 12.2 Å². The molecule has 2 aromatic rings. The molecule has 2 aliphatic rings. The first-order valence-corrected chi connectivity index (χ1v) is 10.9. The van der Waals surface area contributed by atoms with E-state index in [2.05, 4.69) is 98.8 Å². The molecule has 0 atom stereocenters. The summed E-state index contributed by atoms with van der Waals surface area (Å²) in [6.07, 6.45) is 14.0. The summed E-state index contributed by atoms with van der Waals surface area (Å²) in [6, 6.07) is 22.1. The summed E-state index contributed by atoms with van der Waals surface area (Å²) in [4.78, 5) is 0. The first-order chi connectivity index (χ1) is 12.2. The largest absolute Gasteiger partial charge is 4.00 e. The number of rotatable bonds is 4. The molecule has 0 nitrogen and oxygen atoms in total. The van der Waals surface area contributed by atoms with Gasteiger partial charge in [0, 0.05) is 0 Å². The molecule has 0 radical (unpaired) electrons. The SMILES string of the molecule is CC1=CC[C-]=C1[Si](C1=[C-]CC=C1C)(c1ccccc1)c1ccccc1.[Cl-].[Cl-].[Zr+4]. The van der Waals surface area contributed by atoms with E-state index in [0.29, 0.717) is 0 Å². The Hall–Kier alpha value is -0.920. The molecular weight excluding hydrogens is 478 g/mol. The summed E-state index contributed by atoms with van der Waals surface area (Å²) in [5.74, 6) is 0. The Labute approximate surface area is 201 Å². The van der Waals surface area contributed by atoms with Gasteiger partial charge in [0.05, 0.1) is 0 Å². The van der Waals surface area contributed by atoms with Crippen molar-refractivity contribution in [3.8, 4) is 0 Å². The van der Waals surface area contributed by atoms with E-state index in [9.17, 15) is 0 Å². The Balaban J connectivity index is 0.00000131. The van der Waals surface area contributed by atoms with Crippen LogP contribution in [0.15, 0.2) is 94.4 Å². The molecule has 0 heterocycles. The standard InChI is InChI=1S/C24H22Si.2ClH.Zr/c1-19-11-9-17-23(19)25(21-13-5-3-6-14-21,22-15-7-4-8-16-22)24-18-10-12-20(24)2;;;/h3-8,11-16H,9-10H2,1-2H3;2*1H;/q-2;;;+4/p-2. The molecule has 2 aliphatic carbocycles. The Morgan fingerprint density at radius 3 is 1.29 bits per heavy atom. The summed E-state index contributed by atoms with van der Waals surface area (Å²) >= 11 is 0. The van der Waals surface area contributed by atoms with Gasteiger partial charge < -0.3 is 24.8 Å². The molecule has 0 unspecified atom stereocenters. The first-order valence-electron chi connectivity index (χ1n) is 8.92. The molecule has 0 aliphatic heterocycles. The number of halogens is 2. The quantitative estimate of drug-likeness (QED) is 0.354. The fourth-order valence-electron chi connectivity index (χ4n) is 4.20. The third-order valence-corrected chi connectivity index (χ3v) is 10.4. The van der Waals surface area contributed by atoms with Crippen molar-refractivity contribution in [2.45, 2.75) is 26.7 Å². The molecular formula is C24H22Cl2SiZr. The predicted octanol–water partition coefficient (Wildman–Crippen LogP) is -1.51. The second-order valence-electron chi connectivity index (χ2n) is 6.77. The van der Waals surface area contributed by atoms with E-state index < -0.39 is 8.07 Å². The van der Waals surface area contributed by atoms with Gasteiger partial charge in [-0.25, -0.2) is 21.5 Å². The van der Waals surface area contributed by atoms with Gasteiger partial charge in [-0.1, -0.05) is 71.0 Å². The number of benzene rings is 2. The molecule has 0 aromatic heterocycles. The minimum Gasteiger partial charge on any atom is -1.00 e. The van der Waals surface area contributed by atoms with Crippen LogP contribution in [0.3, 0.4) is 0 Å². The van der Waals surface area contributed by atoms with E-state index in [-0.39, 0.29) is 51.0 Å². The van der Waals surface area contributed by atoms with Crippen LogP contribution in [0.4, 0.5) is 0 Å². The maximum atomic E-state index is 3.74. The summed E-state index contributed by atoms with van der Waals surface area (Å²) in [5, 5.41) is 5.69. The molecule has 0 bridgehead atoms. The predicted molar refractivity (Wildman–Crippen MR) is 108 cm³/mol. The molecule has 2 aromatic carbocycles. The maximum Gasteiger partial charge on any atom is 4.00 e. The van der Waals surface area contributed by atoms with Crippen LogP contribution in [0, 0.1) is 12.2 Å². The molecule has 0 saturated heterocycles. The molecule has 4 heteroatoms. The Bertz CT molecular complexity index is 835. The molecule has 0 fully saturated rings. The smallest absolute Gasteiger partial charge is 1.00 e. The third kappa shape index (κ3) is 4.17. The topological polar surface area (TPSA) is 0 Å². The van der Waals surface area contributed by atoms with Crippen molar-refractivity contribution in [1.29, 1.82) is 0 Å². The van der Waals surface area contributed by atoms with Crippen molar-refractivity contribution in [2.75, 3.05) is 0 Å². The molecule has 0 amide bonds. The monoisotopic (exact) mass is 498 g/mol. The fraction of sp³-hybridized carbons (Fsp3) is 0.167. The van der Waals surface area contributed by atoms with Gasteiger partial charge in [0.15, 0.2) is 0 Å². The van der Waals surface area contributed by atoms with Crippen molar-refractivity contribution in [2.24, 2.45) is 0 Å². The minimum atomic E-state index is -2.33. The average Bonchev–Trinajstić information content (AvgIpc) is 3.28. The van der Waals surface area contributed by atoms with Crippen LogP contribution >= 0.6 is 0 Å². The maximum absolute atomic E-state index is 3.74. The van der Waals surface area contributed by atoms with E-state index in [0.717, 1.165) is 12.8 Å². The first kappa shape index (κ1) is 25.1. The van der Waals surface area contributed by atoms with Crippen molar-refractivity contribution in [1.82, 2.24) is 0 Å². The van der Waals surface area contributed by atoms with Gasteiger partial charge in [0.25, 0.3) is 0 Å². The van der Waals surface area contributed by atoms with Crippen LogP contribution in [0.5, 0.6) is 0 Å². The molecule has 4 rings (SSSR count). The van der Waals surface area contributed by atoms with Crippen molar-refractivity contribution < 1.29 is 51.0 Å². The fourth-order valence-corrected chi connectivity index (χ4v) is 9.44. The number of allylic oxidation sites excluding steroid dienone is 8. The van der Waals surface area contributed by atoms with Gasteiger partial charge >= 0.3 is 26.2 Å². The van der Waals surface area contributed by atoms with Gasteiger partial charge in [-0.2, -0.15) is 12.2 Å². The molecule has 28 heavy (non-hydrogen) atoms. The van der Waals surface area contributed by atoms with Crippen LogP contribution in [-0.4, -0.2) is 8.07 Å². The van der Waals surface area contributed by atoms with Crippen LogP contribution in [0.1, 0.15) is 26.7 Å². The van der Waals surface area contributed by atoms with E-state index >= 15 is 0 Å². The zero-order chi connectivity index (χ0) is 17.3. The van der Waals surface area contributed by atoms with Gasteiger partial charge in [-0.05, 0) is 0 Å². The van der Waals surface area contributed by atoms with E-state index in [1.807, 2.05) is 0 Å². The van der Waals surface area contributed by atoms with E-state index in [4.69, 9.17) is 0 Å². The van der Waals surface area contributed by atoms with E-state index in [1.54, 1.807) is 0 Å². The second-order valence-corrected chi connectivity index (χ2v) is 10.4. The number of hydrogen-bond acceptors (Lipinski definition) is 0. The van der Waals surface area contributed by atoms with Crippen molar-refractivity contribution in [3.05, 3.63) is 107 Å². The molecule has 0 saturated carbocycles. The van der Waals surface area contributed by atoms with Crippen LogP contribution < -0.4 is 35.2 Å². The van der Waals surface area contributed by atoms with Gasteiger partial charge in [0.1, 0.15) is 8.07 Å². The third-order valence-electron chi connectivity index (χ3n) is 5.33. The Morgan fingerprint density at radius 1 is 0.643 bits per heavy atom. The minimum absolute atomic E-state index is 0. The summed E-state index contributed by atoms with van der Waals surface area (Å²) in [5.41, 5.74) is 2.77. The zero-order valence-corrected chi connectivity index (χ0v) is 21.1. The Morgan fingerprint density at radius 2 is 1.00 bits per heavy atom. The van der Waals surface area contributed by atoms with Crippen molar-refractivity contribution >= 4 is 18.4 Å². The zero-order valence-electron chi connectivity index (χ0n) is 16.1. The second kappa shape index (κ2) is 10.7. The van der Waals surface area contributed by atoms with Crippen LogP contribution in [-0.2, 0) is 26.2 Å².